The maximum Gasteiger partial charge on any atom is 0.311 e. The van der Waals surface area contributed by atoms with Crippen LogP contribution in [0.1, 0.15) is 5.82 Å². The lowest BCUT2D eigenvalue weighted by atomic mass is 10.4. The van der Waals surface area contributed by atoms with Gasteiger partial charge in [0.1, 0.15) is 12.2 Å². The number of pyridine rings is 1. The van der Waals surface area contributed by atoms with Crippen LogP contribution in [0.4, 0.5) is 0 Å². The summed E-state index contributed by atoms with van der Waals surface area (Å²) in [6, 6.07) is 3.39. The van der Waals surface area contributed by atoms with E-state index in [1.54, 1.807) is 22.7 Å². The predicted molar refractivity (Wildman–Crippen MR) is 49.3 cm³/mol. The van der Waals surface area contributed by atoms with Gasteiger partial charge in [0, 0.05) is 6.20 Å². The van der Waals surface area contributed by atoms with Crippen LogP contribution in [0, 0.1) is 0 Å². The highest BCUT2D eigenvalue weighted by atomic mass is 35.5. The van der Waals surface area contributed by atoms with E-state index in [9.17, 15) is 4.79 Å². The van der Waals surface area contributed by atoms with Crippen molar-refractivity contribution in [1.29, 1.82) is 0 Å². The molecule has 2 rings (SSSR count). The molecule has 0 amide bonds. The number of halogens is 1. The number of carboxylic acid groups (broad SMARTS) is 1. The molecule has 72 valence electrons. The minimum absolute atomic E-state index is 0.165. The van der Waals surface area contributed by atoms with Crippen LogP contribution in [-0.2, 0) is 11.2 Å². The van der Waals surface area contributed by atoms with Crippen molar-refractivity contribution in [1.82, 2.24) is 14.6 Å². The van der Waals surface area contributed by atoms with Gasteiger partial charge in [0.25, 0.3) is 0 Å². The fourth-order valence-electron chi connectivity index (χ4n) is 1.19. The first kappa shape index (κ1) is 8.96. The van der Waals surface area contributed by atoms with Gasteiger partial charge in [-0.2, -0.15) is 0 Å². The number of aliphatic carboxylic acids is 1. The van der Waals surface area contributed by atoms with Gasteiger partial charge < -0.3 is 5.11 Å². The molecule has 0 aliphatic rings. The average molecular weight is 212 g/mol. The number of fused-ring (bicyclic) bond motifs is 1. The number of hydrogen-bond donors (Lipinski definition) is 1. The molecule has 2 aromatic rings. The summed E-state index contributed by atoms with van der Waals surface area (Å²) in [5, 5.41) is 16.6. The Hall–Kier alpha value is -1.62. The molecule has 14 heavy (non-hydrogen) atoms. The number of hydrogen-bond acceptors (Lipinski definition) is 3. The molecule has 0 aliphatic heterocycles. The Labute approximate surface area is 83.9 Å². The zero-order chi connectivity index (χ0) is 10.1. The van der Waals surface area contributed by atoms with Crippen molar-refractivity contribution in [2.24, 2.45) is 0 Å². The van der Waals surface area contributed by atoms with Gasteiger partial charge in [-0.05, 0) is 12.1 Å². The second-order valence-electron chi connectivity index (χ2n) is 2.74. The van der Waals surface area contributed by atoms with E-state index in [1.807, 2.05) is 0 Å². The molecule has 0 spiro atoms. The molecule has 2 aromatic heterocycles. The Morgan fingerprint density at radius 3 is 3.07 bits per heavy atom. The van der Waals surface area contributed by atoms with Crippen LogP contribution in [0.2, 0.25) is 5.02 Å². The van der Waals surface area contributed by atoms with Gasteiger partial charge in [-0.3, -0.25) is 9.20 Å². The molecular weight excluding hydrogens is 206 g/mol. The van der Waals surface area contributed by atoms with E-state index in [0.717, 1.165) is 0 Å². The number of aromatic nitrogens is 3. The Balaban J connectivity index is 2.58. The van der Waals surface area contributed by atoms with Gasteiger partial charge in [-0.1, -0.05) is 11.6 Å². The summed E-state index contributed by atoms with van der Waals surface area (Å²) in [7, 11) is 0. The van der Waals surface area contributed by atoms with Gasteiger partial charge in [-0.15, -0.1) is 10.2 Å². The van der Waals surface area contributed by atoms with E-state index in [0.29, 0.717) is 16.5 Å². The first-order chi connectivity index (χ1) is 6.68. The highest BCUT2D eigenvalue weighted by Gasteiger charge is 2.10. The second-order valence-corrected chi connectivity index (χ2v) is 3.14. The lowest BCUT2D eigenvalue weighted by Gasteiger charge is -1.96. The van der Waals surface area contributed by atoms with Crippen molar-refractivity contribution in [3.05, 3.63) is 29.2 Å². The molecule has 2 heterocycles. The third kappa shape index (κ3) is 1.42. The third-order valence-corrected chi connectivity index (χ3v) is 2.06. The van der Waals surface area contributed by atoms with E-state index < -0.39 is 5.97 Å². The number of carboxylic acids is 1. The molecule has 0 bridgehead atoms. The van der Waals surface area contributed by atoms with E-state index in [-0.39, 0.29) is 6.42 Å². The van der Waals surface area contributed by atoms with Crippen molar-refractivity contribution in [2.45, 2.75) is 6.42 Å². The largest absolute Gasteiger partial charge is 0.481 e. The zero-order valence-electron chi connectivity index (χ0n) is 7.01. The van der Waals surface area contributed by atoms with Crippen molar-refractivity contribution in [3.8, 4) is 0 Å². The zero-order valence-corrected chi connectivity index (χ0v) is 7.77. The van der Waals surface area contributed by atoms with Crippen molar-refractivity contribution in [2.75, 3.05) is 0 Å². The van der Waals surface area contributed by atoms with E-state index in [1.165, 1.54) is 0 Å². The quantitative estimate of drug-likeness (QED) is 0.805. The highest BCUT2D eigenvalue weighted by Crippen LogP contribution is 2.15. The minimum Gasteiger partial charge on any atom is -0.481 e. The SMILES string of the molecule is O=C(O)Cc1nnc2c(Cl)cccn12. The number of carbonyl (C=O) groups is 1. The maximum absolute atomic E-state index is 10.5. The smallest absolute Gasteiger partial charge is 0.311 e. The van der Waals surface area contributed by atoms with Crippen LogP contribution < -0.4 is 0 Å². The monoisotopic (exact) mass is 211 g/mol. The first-order valence-electron chi connectivity index (χ1n) is 3.88. The summed E-state index contributed by atoms with van der Waals surface area (Å²) in [4.78, 5) is 10.5. The lowest BCUT2D eigenvalue weighted by molar-refractivity contribution is -0.136. The van der Waals surface area contributed by atoms with Crippen molar-refractivity contribution < 1.29 is 9.90 Å². The minimum atomic E-state index is -0.945. The predicted octanol–water partition coefficient (Wildman–Crippen LogP) is 1.01. The number of nitrogens with zero attached hydrogens (tertiary/aromatic N) is 3. The fourth-order valence-corrected chi connectivity index (χ4v) is 1.39. The first-order valence-corrected chi connectivity index (χ1v) is 4.26. The molecule has 0 saturated carbocycles. The van der Waals surface area contributed by atoms with Crippen LogP contribution in [0.3, 0.4) is 0 Å². The molecule has 5 nitrogen and oxygen atoms in total. The molecule has 0 saturated heterocycles. The molecule has 0 aliphatic carbocycles. The van der Waals surface area contributed by atoms with Crippen LogP contribution in [0.25, 0.3) is 5.65 Å². The standard InChI is InChI=1S/C8H6ClN3O2/c9-5-2-1-3-12-6(4-7(13)14)10-11-8(5)12/h1-3H,4H2,(H,13,14). The maximum atomic E-state index is 10.5. The van der Waals surface area contributed by atoms with Gasteiger partial charge in [0.05, 0.1) is 5.02 Å². The summed E-state index contributed by atoms with van der Waals surface area (Å²) in [5.74, 6) is -0.575. The molecule has 0 atom stereocenters. The Kier molecular flexibility index (Phi) is 2.09. The van der Waals surface area contributed by atoms with E-state index >= 15 is 0 Å². The van der Waals surface area contributed by atoms with Gasteiger partial charge in [0.2, 0.25) is 0 Å². The average Bonchev–Trinajstić information content (AvgIpc) is 2.49. The van der Waals surface area contributed by atoms with Gasteiger partial charge in [-0.25, -0.2) is 0 Å². The van der Waals surface area contributed by atoms with Crippen LogP contribution in [-0.4, -0.2) is 25.7 Å². The van der Waals surface area contributed by atoms with E-state index in [2.05, 4.69) is 10.2 Å². The van der Waals surface area contributed by atoms with Crippen LogP contribution in [0.15, 0.2) is 18.3 Å². The summed E-state index contributed by atoms with van der Waals surface area (Å²) in [5.41, 5.74) is 0.477. The molecule has 1 N–H and O–H groups in total. The van der Waals surface area contributed by atoms with Crippen LogP contribution in [0.5, 0.6) is 0 Å². The number of rotatable bonds is 2. The highest BCUT2D eigenvalue weighted by molar-refractivity contribution is 6.33. The molecule has 0 aromatic carbocycles. The molecule has 0 unspecified atom stereocenters. The third-order valence-electron chi connectivity index (χ3n) is 1.77. The summed E-state index contributed by atoms with van der Waals surface area (Å²) in [6.45, 7) is 0. The fraction of sp³-hybridized carbons (Fsp3) is 0.125. The van der Waals surface area contributed by atoms with Crippen molar-refractivity contribution in [3.63, 3.8) is 0 Å². The topological polar surface area (TPSA) is 67.5 Å². The Morgan fingerprint density at radius 2 is 2.36 bits per heavy atom. The van der Waals surface area contributed by atoms with E-state index in [4.69, 9.17) is 16.7 Å². The summed E-state index contributed by atoms with van der Waals surface area (Å²) >= 11 is 5.84. The summed E-state index contributed by atoms with van der Waals surface area (Å²) in [6.07, 6.45) is 1.51. The summed E-state index contributed by atoms with van der Waals surface area (Å²) < 4.78 is 1.57. The Bertz CT molecular complexity index is 494. The molecule has 6 heteroatoms. The second kappa shape index (κ2) is 3.26. The van der Waals surface area contributed by atoms with Gasteiger partial charge in [0.15, 0.2) is 5.65 Å². The van der Waals surface area contributed by atoms with Crippen LogP contribution >= 0.6 is 11.6 Å². The molecule has 0 radical (unpaired) electrons. The molecular formula is C8H6ClN3O2. The van der Waals surface area contributed by atoms with Gasteiger partial charge >= 0.3 is 5.97 Å². The lowest BCUT2D eigenvalue weighted by Crippen LogP contribution is -2.04. The van der Waals surface area contributed by atoms with Crippen molar-refractivity contribution >= 4 is 23.2 Å². The molecule has 0 fully saturated rings. The normalized spacial score (nSPS) is 10.6. The Morgan fingerprint density at radius 1 is 1.57 bits per heavy atom.